The van der Waals surface area contributed by atoms with Crippen molar-refractivity contribution in [3.63, 3.8) is 0 Å². The molecule has 242 valence electrons. The number of ether oxygens (including phenoxy) is 2. The number of rotatable bonds is 8. The number of alkyl halides is 3. The minimum atomic E-state index is -4.41. The fourth-order valence-corrected chi connectivity index (χ4v) is 4.79. The average Bonchev–Trinajstić information content (AvgIpc) is 3.15. The van der Waals surface area contributed by atoms with Crippen molar-refractivity contribution in [2.24, 2.45) is 10.9 Å². The lowest BCUT2D eigenvalue weighted by atomic mass is 9.83. The van der Waals surface area contributed by atoms with Crippen molar-refractivity contribution >= 4 is 12.5 Å². The number of nitrogens with zero attached hydrogens (tertiary/aromatic N) is 2. The van der Waals surface area contributed by atoms with E-state index in [2.05, 4.69) is 27.0 Å². The number of carbonyl (C=O) groups is 1. The molecule has 0 amide bonds. The van der Waals surface area contributed by atoms with E-state index in [9.17, 15) is 17.6 Å². The Labute approximate surface area is 259 Å². The average molecular weight is 620 g/mol. The molecule has 0 saturated carbocycles. The fraction of sp³-hybridized carbons (Fsp3) is 0.441. The predicted molar refractivity (Wildman–Crippen MR) is 168 cm³/mol. The van der Waals surface area contributed by atoms with Crippen molar-refractivity contribution in [3.05, 3.63) is 89.4 Å². The van der Waals surface area contributed by atoms with Crippen LogP contribution >= 0.6 is 0 Å². The maximum absolute atomic E-state index is 14.5. The lowest BCUT2D eigenvalue weighted by molar-refractivity contribution is -0.137. The van der Waals surface area contributed by atoms with E-state index in [-0.39, 0.29) is 19.2 Å². The van der Waals surface area contributed by atoms with Crippen LogP contribution < -0.4 is 5.32 Å². The molecular formula is C34H45F4N3O3. The molecular weight excluding hydrogens is 574 g/mol. The molecule has 6 nitrogen and oxygen atoms in total. The number of hydrogen-bond acceptors (Lipinski definition) is 6. The first kappa shape index (κ1) is 36.2. The number of aliphatic imine (C=N–C) groups is 1. The molecule has 0 spiro atoms. The van der Waals surface area contributed by atoms with Crippen LogP contribution in [0.4, 0.5) is 17.6 Å². The highest BCUT2D eigenvalue weighted by atomic mass is 19.4. The molecule has 2 heterocycles. The molecule has 10 heteroatoms. The number of hydrogen-bond donors (Lipinski definition) is 1. The molecule has 3 aromatic rings. The highest BCUT2D eigenvalue weighted by molar-refractivity contribution is 5.75. The topological polar surface area (TPSA) is 72.8 Å². The van der Waals surface area contributed by atoms with E-state index in [4.69, 9.17) is 9.53 Å². The van der Waals surface area contributed by atoms with Crippen LogP contribution in [0.2, 0.25) is 0 Å². The number of pyridine rings is 1. The number of amidine groups is 1. The molecule has 2 atom stereocenters. The second-order valence-electron chi connectivity index (χ2n) is 10.5. The molecule has 0 bridgehead atoms. The van der Waals surface area contributed by atoms with Crippen LogP contribution in [-0.4, -0.2) is 36.7 Å². The summed E-state index contributed by atoms with van der Waals surface area (Å²) in [4.78, 5) is 17.6. The summed E-state index contributed by atoms with van der Waals surface area (Å²) in [5.74, 6) is -0.0848. The van der Waals surface area contributed by atoms with E-state index in [0.29, 0.717) is 30.3 Å². The molecule has 1 aliphatic rings. The van der Waals surface area contributed by atoms with Crippen LogP contribution in [0, 0.1) is 11.7 Å². The lowest BCUT2D eigenvalue weighted by Gasteiger charge is -2.34. The highest BCUT2D eigenvalue weighted by Gasteiger charge is 2.35. The maximum atomic E-state index is 14.5. The van der Waals surface area contributed by atoms with Gasteiger partial charge in [-0.15, -0.1) is 0 Å². The van der Waals surface area contributed by atoms with Gasteiger partial charge in [0.25, 0.3) is 12.5 Å². The van der Waals surface area contributed by atoms with E-state index in [0.717, 1.165) is 49.1 Å². The number of aromatic nitrogens is 1. The monoisotopic (exact) mass is 619 g/mol. The predicted octanol–water partition coefficient (Wildman–Crippen LogP) is 8.81. The fourth-order valence-electron chi connectivity index (χ4n) is 4.79. The van der Waals surface area contributed by atoms with E-state index in [1.54, 1.807) is 12.1 Å². The number of benzene rings is 2. The first-order valence-corrected chi connectivity index (χ1v) is 14.8. The lowest BCUT2D eigenvalue weighted by Crippen LogP contribution is -2.41. The Morgan fingerprint density at radius 1 is 1.11 bits per heavy atom. The number of methoxy groups -OCH3 is 1. The molecule has 0 fully saturated rings. The zero-order chi connectivity index (χ0) is 32.8. The van der Waals surface area contributed by atoms with Crippen molar-refractivity contribution in [3.8, 4) is 11.3 Å². The summed E-state index contributed by atoms with van der Waals surface area (Å²) in [5, 5.41) is 3.34. The van der Waals surface area contributed by atoms with Gasteiger partial charge in [0.2, 0.25) is 0 Å². The third-order valence-electron chi connectivity index (χ3n) is 7.15. The van der Waals surface area contributed by atoms with Gasteiger partial charge >= 0.3 is 6.18 Å². The summed E-state index contributed by atoms with van der Waals surface area (Å²) < 4.78 is 63.2. The number of halogens is 4. The summed E-state index contributed by atoms with van der Waals surface area (Å²) in [7, 11) is 1.31. The van der Waals surface area contributed by atoms with Crippen LogP contribution in [0.5, 0.6) is 0 Å². The van der Waals surface area contributed by atoms with Crippen molar-refractivity contribution < 1.29 is 33.3 Å². The van der Waals surface area contributed by atoms with Gasteiger partial charge in [0.05, 0.1) is 24.4 Å². The first-order chi connectivity index (χ1) is 21.0. The van der Waals surface area contributed by atoms with Crippen molar-refractivity contribution in [2.45, 2.75) is 78.1 Å². The Morgan fingerprint density at radius 3 is 2.32 bits per heavy atom. The molecule has 1 unspecified atom stereocenters. The quantitative estimate of drug-likeness (QED) is 0.202. The normalized spacial score (nSPS) is 16.3. The van der Waals surface area contributed by atoms with Crippen LogP contribution in [-0.2, 0) is 26.9 Å². The summed E-state index contributed by atoms with van der Waals surface area (Å²) >= 11 is 0. The Bertz CT molecular complexity index is 1320. The van der Waals surface area contributed by atoms with E-state index >= 15 is 0 Å². The van der Waals surface area contributed by atoms with Gasteiger partial charge in [-0.1, -0.05) is 69.7 Å². The van der Waals surface area contributed by atoms with E-state index in [1.165, 1.54) is 19.2 Å². The largest absolute Gasteiger partial charge is 0.471 e. The smallest absolute Gasteiger partial charge is 0.417 e. The molecule has 4 rings (SSSR count). The van der Waals surface area contributed by atoms with Crippen molar-refractivity contribution in [1.82, 2.24) is 10.3 Å². The van der Waals surface area contributed by atoms with Gasteiger partial charge in [0, 0.05) is 31.2 Å². The van der Waals surface area contributed by atoms with E-state index < -0.39 is 17.3 Å². The van der Waals surface area contributed by atoms with Gasteiger partial charge in [-0.25, -0.2) is 9.38 Å². The van der Waals surface area contributed by atoms with Gasteiger partial charge in [0.1, 0.15) is 11.4 Å². The minimum Gasteiger partial charge on any atom is -0.471 e. The van der Waals surface area contributed by atoms with Gasteiger partial charge in [0.15, 0.2) is 0 Å². The summed E-state index contributed by atoms with van der Waals surface area (Å²) in [5.41, 5.74) is 1.64. The third-order valence-corrected chi connectivity index (χ3v) is 7.15. The van der Waals surface area contributed by atoms with Gasteiger partial charge in [-0.05, 0) is 56.9 Å². The molecule has 1 aromatic heterocycles. The first-order valence-electron chi connectivity index (χ1n) is 14.8. The Morgan fingerprint density at radius 2 is 1.77 bits per heavy atom. The molecule has 1 aliphatic heterocycles. The number of nitrogens with one attached hydrogen (secondary N) is 1. The Hall–Kier alpha value is -3.95. The Balaban J connectivity index is 0.00000134. The van der Waals surface area contributed by atoms with Crippen molar-refractivity contribution in [2.75, 3.05) is 13.7 Å². The summed E-state index contributed by atoms with van der Waals surface area (Å²) in [6.07, 6.45) is -0.356. The van der Waals surface area contributed by atoms with Crippen LogP contribution in [0.3, 0.4) is 0 Å². The Kier molecular flexibility index (Phi) is 14.3. The maximum Gasteiger partial charge on any atom is 0.417 e. The van der Waals surface area contributed by atoms with Crippen molar-refractivity contribution in [1.29, 1.82) is 0 Å². The molecule has 0 radical (unpaired) electrons. The second-order valence-corrected chi connectivity index (χ2v) is 10.5. The SMILES string of the molecule is CC.CCC[C@H](NC1=NCCC(Cc2ccc(-c3ccc(C(F)(F)F)cn3)cc2)C(C)(C)O1)c1ccccc1F.COC=O.[HH]. The molecule has 0 saturated heterocycles. The molecule has 44 heavy (non-hydrogen) atoms. The highest BCUT2D eigenvalue weighted by Crippen LogP contribution is 2.33. The molecule has 0 aliphatic carbocycles. The third kappa shape index (κ3) is 10.6. The van der Waals surface area contributed by atoms with Crippen LogP contribution in [0.1, 0.15) is 78.0 Å². The molecule has 1 N–H and O–H groups in total. The standard InChI is InChI=1S/C30H33F4N3O.C2H4O2.C2H6.H2/c1-4-7-27(24-8-5-6-9-25(24)31)37-28-35-17-16-22(29(2,3)38-28)18-20-10-12-21(13-11-20)26-15-14-23(19-36-26)30(32,33)34;1-4-2-3;1-2;/h5-6,8-15,19,22,27H,4,7,16-18H2,1-3H3,(H,35,37);2H,1H3;1-2H3;1H/t22?,27-;;;/m0.../s1. The summed E-state index contributed by atoms with van der Waals surface area (Å²) in [6.45, 7) is 11.1. The molecule has 2 aromatic carbocycles. The van der Waals surface area contributed by atoms with Crippen LogP contribution in [0.15, 0.2) is 71.9 Å². The number of carbonyl (C=O) groups excluding carboxylic acids is 1. The van der Waals surface area contributed by atoms with Crippen LogP contribution in [0.25, 0.3) is 11.3 Å². The zero-order valence-corrected chi connectivity index (χ0v) is 26.2. The summed E-state index contributed by atoms with van der Waals surface area (Å²) in [6, 6.07) is 17.1. The minimum absolute atomic E-state index is 0. The van der Waals surface area contributed by atoms with E-state index in [1.807, 2.05) is 58.0 Å². The van der Waals surface area contributed by atoms with Gasteiger partial charge < -0.3 is 14.8 Å². The zero-order valence-electron chi connectivity index (χ0n) is 26.2. The van der Waals surface area contributed by atoms with Gasteiger partial charge in [-0.2, -0.15) is 13.2 Å². The van der Waals surface area contributed by atoms with Gasteiger partial charge in [-0.3, -0.25) is 9.78 Å². The second kappa shape index (κ2) is 17.4.